The van der Waals surface area contributed by atoms with Gasteiger partial charge in [-0.15, -0.1) is 0 Å². The summed E-state index contributed by atoms with van der Waals surface area (Å²) in [4.78, 5) is 9.89. The molecule has 3 rings (SSSR count). The third-order valence-corrected chi connectivity index (χ3v) is 4.78. The quantitative estimate of drug-likeness (QED) is 0.692. The first-order valence-corrected chi connectivity index (χ1v) is 6.91. The summed E-state index contributed by atoms with van der Waals surface area (Å²) in [5, 5.41) is 0. The van der Waals surface area contributed by atoms with Crippen molar-refractivity contribution in [2.75, 3.05) is 20.1 Å². The Kier molecular flexibility index (Phi) is 2.20. The fourth-order valence-electron chi connectivity index (χ4n) is 4.33. The van der Waals surface area contributed by atoms with Crippen LogP contribution in [-0.4, -0.2) is 53.4 Å². The van der Waals surface area contributed by atoms with Crippen molar-refractivity contribution in [3.8, 4) is 0 Å². The van der Waals surface area contributed by atoms with Gasteiger partial charge in [0.1, 0.15) is 5.84 Å². The minimum atomic E-state index is 0.292. The summed E-state index contributed by atoms with van der Waals surface area (Å²) < 4.78 is 0. The summed E-state index contributed by atoms with van der Waals surface area (Å²) in [7, 11) is 2.21. The lowest BCUT2D eigenvalue weighted by Crippen LogP contribution is -2.45. The minimum Gasteiger partial charge on any atom is -0.361 e. The van der Waals surface area contributed by atoms with Crippen molar-refractivity contribution in [2.45, 2.75) is 58.2 Å². The van der Waals surface area contributed by atoms with Gasteiger partial charge in [-0.1, -0.05) is 0 Å². The van der Waals surface area contributed by atoms with Gasteiger partial charge in [0.25, 0.3) is 0 Å². The summed E-state index contributed by atoms with van der Waals surface area (Å²) in [6, 6.07) is 1.45. The summed E-state index contributed by atoms with van der Waals surface area (Å²) in [6.45, 7) is 11.5. The molecular weight excluding hydrogens is 210 g/mol. The number of nitrogens with zero attached hydrogens (tertiary/aromatic N) is 3. The first kappa shape index (κ1) is 11.5. The van der Waals surface area contributed by atoms with E-state index in [4.69, 9.17) is 4.99 Å². The van der Waals surface area contributed by atoms with Gasteiger partial charge in [0.05, 0.1) is 6.54 Å². The van der Waals surface area contributed by atoms with Crippen molar-refractivity contribution >= 4 is 5.84 Å². The van der Waals surface area contributed by atoms with Gasteiger partial charge in [-0.25, -0.2) is 0 Å². The maximum atomic E-state index is 4.78. The highest BCUT2D eigenvalue weighted by Crippen LogP contribution is 2.62. The summed E-state index contributed by atoms with van der Waals surface area (Å²) >= 11 is 0. The topological polar surface area (TPSA) is 18.8 Å². The lowest BCUT2D eigenvalue weighted by atomic mass is 9.98. The lowest BCUT2D eigenvalue weighted by molar-refractivity contribution is 0.104. The first-order valence-electron chi connectivity index (χ1n) is 6.91. The highest BCUT2D eigenvalue weighted by molar-refractivity contribution is 5.93. The molecule has 0 aromatic carbocycles. The zero-order chi connectivity index (χ0) is 12.4. The van der Waals surface area contributed by atoms with Crippen LogP contribution in [0.5, 0.6) is 0 Å². The molecule has 0 radical (unpaired) electrons. The van der Waals surface area contributed by atoms with Crippen molar-refractivity contribution in [1.29, 1.82) is 0 Å². The Labute approximate surface area is 105 Å². The van der Waals surface area contributed by atoms with E-state index in [1.165, 1.54) is 18.7 Å². The number of hydrogen-bond donors (Lipinski definition) is 0. The van der Waals surface area contributed by atoms with Crippen LogP contribution in [0.2, 0.25) is 0 Å². The average Bonchev–Trinajstić information content (AvgIpc) is 2.58. The van der Waals surface area contributed by atoms with E-state index < -0.39 is 0 Å². The average molecular weight is 235 g/mol. The van der Waals surface area contributed by atoms with E-state index in [2.05, 4.69) is 44.5 Å². The van der Waals surface area contributed by atoms with Crippen LogP contribution >= 0.6 is 0 Å². The van der Waals surface area contributed by atoms with Crippen LogP contribution in [0.3, 0.4) is 0 Å². The van der Waals surface area contributed by atoms with Crippen molar-refractivity contribution in [1.82, 2.24) is 9.80 Å². The first-order chi connectivity index (χ1) is 7.86. The highest BCUT2D eigenvalue weighted by atomic mass is 15.3. The Morgan fingerprint density at radius 1 is 1.29 bits per heavy atom. The number of fused-ring (bicyclic) bond motifs is 1. The molecule has 1 saturated carbocycles. The van der Waals surface area contributed by atoms with Gasteiger partial charge in [-0.2, -0.15) is 0 Å². The van der Waals surface area contributed by atoms with Gasteiger partial charge in [0.2, 0.25) is 0 Å². The number of rotatable bonds is 1. The minimum absolute atomic E-state index is 0.292. The fourth-order valence-corrected chi connectivity index (χ4v) is 4.33. The molecule has 0 amide bonds. The number of hydrogen-bond acceptors (Lipinski definition) is 3. The third kappa shape index (κ3) is 1.48. The second kappa shape index (κ2) is 3.25. The van der Waals surface area contributed by atoms with Crippen molar-refractivity contribution < 1.29 is 0 Å². The Morgan fingerprint density at radius 2 is 2.00 bits per heavy atom. The maximum absolute atomic E-state index is 4.78. The van der Waals surface area contributed by atoms with Gasteiger partial charge in [0, 0.05) is 36.6 Å². The van der Waals surface area contributed by atoms with E-state index in [9.17, 15) is 0 Å². The highest BCUT2D eigenvalue weighted by Gasteiger charge is 2.68. The van der Waals surface area contributed by atoms with Crippen molar-refractivity contribution in [3.05, 3.63) is 0 Å². The molecule has 0 spiro atoms. The molecule has 0 N–H and O–H groups in total. The van der Waals surface area contributed by atoms with Crippen LogP contribution in [0.25, 0.3) is 0 Å². The zero-order valence-corrected chi connectivity index (χ0v) is 11.8. The van der Waals surface area contributed by atoms with Crippen LogP contribution < -0.4 is 0 Å². The van der Waals surface area contributed by atoms with E-state index in [1.807, 2.05) is 0 Å². The number of likely N-dealkylation sites (N-methyl/N-ethyl adjacent to an activating group) is 1. The molecule has 0 aromatic heterocycles. The van der Waals surface area contributed by atoms with Gasteiger partial charge >= 0.3 is 0 Å². The molecule has 2 aliphatic heterocycles. The molecule has 0 bridgehead atoms. The molecule has 1 aliphatic carbocycles. The van der Waals surface area contributed by atoms with Gasteiger partial charge in [0.15, 0.2) is 0 Å². The molecule has 3 heteroatoms. The largest absolute Gasteiger partial charge is 0.361 e. The molecular formula is C14H25N3. The van der Waals surface area contributed by atoms with Gasteiger partial charge < -0.3 is 4.90 Å². The molecule has 1 saturated heterocycles. The van der Waals surface area contributed by atoms with E-state index in [0.29, 0.717) is 17.0 Å². The van der Waals surface area contributed by atoms with E-state index in [0.717, 1.165) is 19.1 Å². The van der Waals surface area contributed by atoms with Crippen LogP contribution in [0, 0.1) is 5.41 Å². The molecule has 17 heavy (non-hydrogen) atoms. The molecule has 2 heterocycles. The normalized spacial score (nSPS) is 41.7. The van der Waals surface area contributed by atoms with Crippen LogP contribution in [-0.2, 0) is 0 Å². The maximum Gasteiger partial charge on any atom is 0.107 e. The lowest BCUT2D eigenvalue weighted by Gasteiger charge is -2.37. The summed E-state index contributed by atoms with van der Waals surface area (Å²) in [5.41, 5.74) is 0.706. The predicted molar refractivity (Wildman–Crippen MR) is 71.4 cm³/mol. The Balaban J connectivity index is 1.87. The molecule has 3 atom stereocenters. The monoisotopic (exact) mass is 235 g/mol. The van der Waals surface area contributed by atoms with Crippen LogP contribution in [0.1, 0.15) is 40.5 Å². The molecule has 96 valence electrons. The molecule has 3 nitrogen and oxygen atoms in total. The number of likely N-dealkylation sites (tertiary alicyclic amines) is 1. The number of piperidine rings is 1. The smallest absolute Gasteiger partial charge is 0.107 e. The number of aliphatic imine (C=N–C) groups is 1. The van der Waals surface area contributed by atoms with E-state index >= 15 is 0 Å². The standard InChI is InChI=1S/C14H25N3/c1-10-8-14(12-15-6-7-16(12)5)9-11(14)17(10)13(2,3)4/h10-11H,6-9H2,1-5H3/t10-,11?,14-/m1/s1. The molecule has 3 aliphatic rings. The van der Waals surface area contributed by atoms with Crippen LogP contribution in [0.4, 0.5) is 0 Å². The SMILES string of the molecule is C[C@@H]1C[C@@]2(C3=NCCN3C)CC2N1C(C)(C)C. The zero-order valence-electron chi connectivity index (χ0n) is 11.8. The Hall–Kier alpha value is -0.570. The van der Waals surface area contributed by atoms with E-state index in [-0.39, 0.29) is 0 Å². The van der Waals surface area contributed by atoms with Gasteiger partial charge in [-0.3, -0.25) is 9.89 Å². The third-order valence-electron chi connectivity index (χ3n) is 4.78. The fraction of sp³-hybridized carbons (Fsp3) is 0.929. The molecule has 2 fully saturated rings. The summed E-state index contributed by atoms with van der Waals surface area (Å²) in [6.07, 6.45) is 2.63. The van der Waals surface area contributed by atoms with Crippen molar-refractivity contribution in [3.63, 3.8) is 0 Å². The molecule has 1 unspecified atom stereocenters. The second-order valence-electron chi connectivity index (χ2n) is 7.13. The summed E-state index contributed by atoms with van der Waals surface area (Å²) in [5.74, 6) is 1.40. The second-order valence-corrected chi connectivity index (χ2v) is 7.13. The Morgan fingerprint density at radius 3 is 2.47 bits per heavy atom. The molecule has 0 aromatic rings. The Bertz CT molecular complexity index is 368. The van der Waals surface area contributed by atoms with Gasteiger partial charge in [-0.05, 0) is 40.5 Å². The predicted octanol–water partition coefficient (Wildman–Crippen LogP) is 1.98. The number of amidine groups is 1. The van der Waals surface area contributed by atoms with Crippen molar-refractivity contribution in [2.24, 2.45) is 10.4 Å². The van der Waals surface area contributed by atoms with E-state index in [1.54, 1.807) is 0 Å². The van der Waals surface area contributed by atoms with Crippen LogP contribution in [0.15, 0.2) is 4.99 Å².